The minimum absolute atomic E-state index is 0.0342. The van der Waals surface area contributed by atoms with Crippen LogP contribution in [0.5, 0.6) is 0 Å². The minimum atomic E-state index is -4.45. The predicted octanol–water partition coefficient (Wildman–Crippen LogP) is 2.61. The number of aryl methyl sites for hydroxylation is 1. The van der Waals surface area contributed by atoms with Gasteiger partial charge in [0.15, 0.2) is 0 Å². The molecular formula is C17H18F3N3O2. The molecule has 1 amide bonds. The minimum Gasteiger partial charge on any atom is -0.391 e. The number of β-amino-alcohol motifs (C(OH)–C–C–N with tert-alkyl or cyclic N) is 1. The smallest absolute Gasteiger partial charge is 0.391 e. The number of nitrogens with zero attached hydrogens (tertiary/aromatic N) is 2. The van der Waals surface area contributed by atoms with Gasteiger partial charge in [0, 0.05) is 12.2 Å². The van der Waals surface area contributed by atoms with Crippen molar-refractivity contribution < 1.29 is 23.1 Å². The van der Waals surface area contributed by atoms with Crippen molar-refractivity contribution in [2.45, 2.75) is 38.1 Å². The third kappa shape index (κ3) is 3.84. The third-order valence-corrected chi connectivity index (χ3v) is 4.29. The zero-order chi connectivity index (χ0) is 18.2. The number of nitrogens with one attached hydrogen (secondary N) is 1. The van der Waals surface area contributed by atoms with Gasteiger partial charge in [-0.2, -0.15) is 18.3 Å². The lowest BCUT2D eigenvalue weighted by Crippen LogP contribution is -2.33. The maximum atomic E-state index is 12.9. The van der Waals surface area contributed by atoms with Gasteiger partial charge >= 0.3 is 6.18 Å². The number of rotatable bonds is 3. The van der Waals surface area contributed by atoms with Crippen LogP contribution in [-0.4, -0.2) is 38.8 Å². The van der Waals surface area contributed by atoms with Gasteiger partial charge in [-0.25, -0.2) is 0 Å². The number of amides is 1. The lowest BCUT2D eigenvalue weighted by molar-refractivity contribution is -0.137. The highest BCUT2D eigenvalue weighted by atomic mass is 19.4. The number of carbonyl (C=O) groups excluding carboxylic acids is 1. The molecular weight excluding hydrogens is 335 g/mol. The number of likely N-dealkylation sites (tertiary alicyclic amines) is 1. The molecule has 0 bridgehead atoms. The standard InChI is InChI=1S/C17H18F3N3O2/c1-10-5-13(22-21-10)7-16(25)23-9-14(24)8-15(23)11-3-2-4-12(6-11)17(18,19)20/h2-6,14-15,24H,7-9H2,1H3,(H,21,22)/t14-,15+/m0/s1. The summed E-state index contributed by atoms with van der Waals surface area (Å²) in [6, 6.07) is 6.07. The van der Waals surface area contributed by atoms with E-state index in [0.29, 0.717) is 11.3 Å². The molecule has 1 aromatic carbocycles. The van der Waals surface area contributed by atoms with Gasteiger partial charge in [-0.15, -0.1) is 0 Å². The maximum absolute atomic E-state index is 12.9. The number of halogens is 3. The van der Waals surface area contributed by atoms with Gasteiger partial charge in [-0.1, -0.05) is 12.1 Å². The molecule has 0 aliphatic carbocycles. The first-order chi connectivity index (χ1) is 11.7. The molecule has 1 aliphatic heterocycles. The SMILES string of the molecule is Cc1cc(CC(=O)N2C[C@@H](O)C[C@@H]2c2cccc(C(F)(F)F)c2)n[nH]1. The van der Waals surface area contributed by atoms with E-state index in [1.807, 2.05) is 6.92 Å². The molecule has 2 atom stereocenters. The van der Waals surface area contributed by atoms with Gasteiger partial charge in [0.2, 0.25) is 5.91 Å². The summed E-state index contributed by atoms with van der Waals surface area (Å²) >= 11 is 0. The van der Waals surface area contributed by atoms with Crippen molar-refractivity contribution in [2.75, 3.05) is 6.54 Å². The zero-order valence-corrected chi connectivity index (χ0v) is 13.5. The summed E-state index contributed by atoms with van der Waals surface area (Å²) in [5.41, 5.74) is 0.991. The van der Waals surface area contributed by atoms with Crippen LogP contribution in [0.1, 0.15) is 35.0 Å². The topological polar surface area (TPSA) is 69.2 Å². The van der Waals surface area contributed by atoms with Crippen LogP contribution in [0, 0.1) is 6.92 Å². The molecule has 1 aliphatic rings. The Kier molecular flexibility index (Phi) is 4.55. The van der Waals surface area contributed by atoms with E-state index < -0.39 is 23.9 Å². The molecule has 5 nitrogen and oxygen atoms in total. The number of aromatic amines is 1. The van der Waals surface area contributed by atoms with Gasteiger partial charge in [0.1, 0.15) is 0 Å². The second-order valence-electron chi connectivity index (χ2n) is 6.29. The zero-order valence-electron chi connectivity index (χ0n) is 13.5. The summed E-state index contributed by atoms with van der Waals surface area (Å²) < 4.78 is 38.8. The average molecular weight is 353 g/mol. The third-order valence-electron chi connectivity index (χ3n) is 4.29. The van der Waals surface area contributed by atoms with E-state index in [-0.39, 0.29) is 25.3 Å². The van der Waals surface area contributed by atoms with Crippen molar-refractivity contribution >= 4 is 5.91 Å². The molecule has 2 heterocycles. The molecule has 0 unspecified atom stereocenters. The first-order valence-electron chi connectivity index (χ1n) is 7.89. The molecule has 0 radical (unpaired) electrons. The van der Waals surface area contributed by atoms with Gasteiger partial charge in [-0.3, -0.25) is 9.89 Å². The normalized spacial score (nSPS) is 20.9. The van der Waals surface area contributed by atoms with Crippen molar-refractivity contribution in [3.8, 4) is 0 Å². The monoisotopic (exact) mass is 353 g/mol. The fourth-order valence-corrected chi connectivity index (χ4v) is 3.15. The van der Waals surface area contributed by atoms with Gasteiger partial charge in [-0.05, 0) is 37.1 Å². The lowest BCUT2D eigenvalue weighted by atomic mass is 10.0. The predicted molar refractivity (Wildman–Crippen MR) is 83.6 cm³/mol. The number of aliphatic hydroxyl groups excluding tert-OH is 1. The van der Waals surface area contributed by atoms with Gasteiger partial charge in [0.05, 0.1) is 29.8 Å². The molecule has 0 spiro atoms. The molecule has 8 heteroatoms. The average Bonchev–Trinajstić information content (AvgIpc) is 3.12. The lowest BCUT2D eigenvalue weighted by Gasteiger charge is -2.25. The Bertz CT molecular complexity index is 772. The summed E-state index contributed by atoms with van der Waals surface area (Å²) in [6.07, 6.45) is -4.96. The highest BCUT2D eigenvalue weighted by Gasteiger charge is 2.37. The fraction of sp³-hybridized carbons (Fsp3) is 0.412. The molecule has 2 aromatic rings. The second-order valence-corrected chi connectivity index (χ2v) is 6.29. The number of alkyl halides is 3. The summed E-state index contributed by atoms with van der Waals surface area (Å²) in [7, 11) is 0. The number of hydrogen-bond donors (Lipinski definition) is 2. The van der Waals surface area contributed by atoms with E-state index in [2.05, 4.69) is 10.2 Å². The van der Waals surface area contributed by atoms with Crippen molar-refractivity contribution in [3.05, 3.63) is 52.8 Å². The molecule has 1 fully saturated rings. The molecule has 25 heavy (non-hydrogen) atoms. The van der Waals surface area contributed by atoms with Crippen molar-refractivity contribution in [2.24, 2.45) is 0 Å². The van der Waals surface area contributed by atoms with E-state index in [1.165, 1.54) is 11.0 Å². The number of benzene rings is 1. The van der Waals surface area contributed by atoms with Crippen LogP contribution in [0.2, 0.25) is 0 Å². The maximum Gasteiger partial charge on any atom is 0.416 e. The van der Waals surface area contributed by atoms with E-state index in [9.17, 15) is 23.1 Å². The molecule has 0 saturated carbocycles. The first-order valence-corrected chi connectivity index (χ1v) is 7.89. The highest BCUT2D eigenvalue weighted by Crippen LogP contribution is 2.36. The Hall–Kier alpha value is -2.35. The number of aromatic nitrogens is 2. The van der Waals surface area contributed by atoms with E-state index in [1.54, 1.807) is 12.1 Å². The van der Waals surface area contributed by atoms with Gasteiger partial charge in [0.25, 0.3) is 0 Å². The van der Waals surface area contributed by atoms with Crippen LogP contribution in [0.3, 0.4) is 0 Å². The Morgan fingerprint density at radius 3 is 2.80 bits per heavy atom. The Labute approximate surface area is 142 Å². The molecule has 1 aromatic heterocycles. The second kappa shape index (κ2) is 6.51. The number of aliphatic hydroxyl groups is 1. The summed E-state index contributed by atoms with van der Waals surface area (Å²) in [4.78, 5) is 14.0. The van der Waals surface area contributed by atoms with Gasteiger partial charge < -0.3 is 10.0 Å². The van der Waals surface area contributed by atoms with Crippen LogP contribution in [-0.2, 0) is 17.4 Å². The van der Waals surface area contributed by atoms with Crippen molar-refractivity contribution in [3.63, 3.8) is 0 Å². The van der Waals surface area contributed by atoms with Crippen LogP contribution in [0.25, 0.3) is 0 Å². The fourth-order valence-electron chi connectivity index (χ4n) is 3.15. The number of carbonyl (C=O) groups is 1. The largest absolute Gasteiger partial charge is 0.416 e. The summed E-state index contributed by atoms with van der Waals surface area (Å²) in [5, 5.41) is 16.7. The molecule has 3 rings (SSSR count). The van der Waals surface area contributed by atoms with Crippen molar-refractivity contribution in [1.29, 1.82) is 0 Å². The van der Waals surface area contributed by atoms with E-state index >= 15 is 0 Å². The van der Waals surface area contributed by atoms with E-state index in [4.69, 9.17) is 0 Å². The number of H-pyrrole nitrogens is 1. The Morgan fingerprint density at radius 2 is 2.16 bits per heavy atom. The van der Waals surface area contributed by atoms with Crippen LogP contribution < -0.4 is 0 Å². The van der Waals surface area contributed by atoms with E-state index in [0.717, 1.165) is 17.8 Å². The summed E-state index contributed by atoms with van der Waals surface area (Å²) in [5.74, 6) is -0.273. The first kappa shape index (κ1) is 17.5. The van der Waals surface area contributed by atoms with Crippen LogP contribution >= 0.6 is 0 Å². The highest BCUT2D eigenvalue weighted by molar-refractivity contribution is 5.79. The Balaban J connectivity index is 1.83. The quantitative estimate of drug-likeness (QED) is 0.891. The molecule has 1 saturated heterocycles. The van der Waals surface area contributed by atoms with Crippen molar-refractivity contribution in [1.82, 2.24) is 15.1 Å². The molecule has 134 valence electrons. The molecule has 2 N–H and O–H groups in total. The Morgan fingerprint density at radius 1 is 1.40 bits per heavy atom. The number of hydrogen-bond acceptors (Lipinski definition) is 3. The van der Waals surface area contributed by atoms with Crippen LogP contribution in [0.4, 0.5) is 13.2 Å². The van der Waals surface area contributed by atoms with Crippen LogP contribution in [0.15, 0.2) is 30.3 Å². The summed E-state index contributed by atoms with van der Waals surface area (Å²) in [6.45, 7) is 1.91.